The predicted molar refractivity (Wildman–Crippen MR) is 90.0 cm³/mol. The Morgan fingerprint density at radius 3 is 2.59 bits per heavy atom. The number of hydrogen-bond donors (Lipinski definition) is 0. The molecule has 0 spiro atoms. The maximum Gasteiger partial charge on any atom is 0.330 e. The number of carbonyl (C=O) groups excluding carboxylic acids is 1. The van der Waals surface area contributed by atoms with Crippen molar-refractivity contribution in [3.8, 4) is 0 Å². The Kier molecular flexibility index (Phi) is 4.99. The van der Waals surface area contributed by atoms with Crippen molar-refractivity contribution in [3.63, 3.8) is 0 Å². The van der Waals surface area contributed by atoms with Gasteiger partial charge in [-0.15, -0.1) is 0 Å². The highest BCUT2D eigenvalue weighted by Gasteiger charge is 2.14. The number of ether oxygens (including phenoxy) is 1. The molecule has 0 unspecified atom stereocenters. The van der Waals surface area contributed by atoms with Crippen LogP contribution in [0.4, 0.5) is 5.69 Å². The van der Waals surface area contributed by atoms with Crippen molar-refractivity contribution >= 4 is 23.6 Å². The van der Waals surface area contributed by atoms with Gasteiger partial charge in [0.1, 0.15) is 5.84 Å². The van der Waals surface area contributed by atoms with Gasteiger partial charge in [-0.05, 0) is 29.8 Å². The minimum atomic E-state index is -0.382. The monoisotopic (exact) mass is 299 g/mol. The highest BCUT2D eigenvalue weighted by molar-refractivity contribution is 6.00. The van der Waals surface area contributed by atoms with E-state index in [9.17, 15) is 4.79 Å². The molecule has 0 radical (unpaired) electrons. The zero-order chi connectivity index (χ0) is 16.1. The summed E-state index contributed by atoms with van der Waals surface area (Å²) < 4.78 is 4.58. The lowest BCUT2D eigenvalue weighted by atomic mass is 10.1. The Balaban J connectivity index is 2.14. The van der Waals surface area contributed by atoms with Crippen LogP contribution in [0.25, 0.3) is 6.08 Å². The fourth-order valence-corrected chi connectivity index (χ4v) is 2.11. The summed E-state index contributed by atoms with van der Waals surface area (Å²) in [7, 11) is 7.33. The molecule has 1 aromatic rings. The highest BCUT2D eigenvalue weighted by Crippen LogP contribution is 2.18. The van der Waals surface area contributed by atoms with Gasteiger partial charge < -0.3 is 14.5 Å². The summed E-state index contributed by atoms with van der Waals surface area (Å²) in [5.41, 5.74) is 3.23. The molecule has 0 saturated carbocycles. The van der Waals surface area contributed by atoms with Crippen LogP contribution in [0.3, 0.4) is 0 Å². The van der Waals surface area contributed by atoms with E-state index in [1.54, 1.807) is 6.08 Å². The number of methoxy groups -OCH3 is 1. The van der Waals surface area contributed by atoms with Crippen LogP contribution in [0.2, 0.25) is 0 Å². The molecule has 5 heteroatoms. The van der Waals surface area contributed by atoms with Gasteiger partial charge in [0.15, 0.2) is 0 Å². The van der Waals surface area contributed by atoms with Crippen LogP contribution in [0, 0.1) is 0 Å². The van der Waals surface area contributed by atoms with Gasteiger partial charge in [0.25, 0.3) is 0 Å². The first-order valence-corrected chi connectivity index (χ1v) is 7.03. The lowest BCUT2D eigenvalue weighted by molar-refractivity contribution is -0.134. The van der Waals surface area contributed by atoms with E-state index in [2.05, 4.69) is 45.0 Å². The molecule has 1 heterocycles. The van der Waals surface area contributed by atoms with E-state index in [1.807, 2.05) is 26.0 Å². The Morgan fingerprint density at radius 1 is 1.32 bits per heavy atom. The molecule has 1 aliphatic heterocycles. The number of anilines is 1. The van der Waals surface area contributed by atoms with Crippen LogP contribution < -0.4 is 4.90 Å². The number of likely N-dealkylation sites (N-methyl/N-ethyl adjacent to an activating group) is 1. The fraction of sp³-hybridized carbons (Fsp3) is 0.294. The average Bonchev–Trinajstić information content (AvgIpc) is 2.85. The first-order valence-electron chi connectivity index (χ1n) is 7.03. The average molecular weight is 299 g/mol. The SMILES string of the molecule is COC(=O)/C=C/C1=NC(=C\c2ccc(N(C)C)cc2)/CN1C. The van der Waals surface area contributed by atoms with Crippen molar-refractivity contribution in [2.45, 2.75) is 0 Å². The van der Waals surface area contributed by atoms with E-state index in [1.165, 1.54) is 13.2 Å². The van der Waals surface area contributed by atoms with Crippen molar-refractivity contribution in [2.75, 3.05) is 39.7 Å². The summed E-state index contributed by atoms with van der Waals surface area (Å²) in [6, 6.07) is 8.29. The lowest BCUT2D eigenvalue weighted by Crippen LogP contribution is -2.20. The van der Waals surface area contributed by atoms with Crippen molar-refractivity contribution in [3.05, 3.63) is 47.7 Å². The highest BCUT2D eigenvalue weighted by atomic mass is 16.5. The van der Waals surface area contributed by atoms with Crippen molar-refractivity contribution < 1.29 is 9.53 Å². The normalized spacial score (nSPS) is 16.3. The summed E-state index contributed by atoms with van der Waals surface area (Å²) in [4.78, 5) is 19.7. The van der Waals surface area contributed by atoms with Crippen LogP contribution >= 0.6 is 0 Å². The summed E-state index contributed by atoms with van der Waals surface area (Å²) >= 11 is 0. The van der Waals surface area contributed by atoms with E-state index >= 15 is 0 Å². The van der Waals surface area contributed by atoms with Crippen molar-refractivity contribution in [2.24, 2.45) is 4.99 Å². The molecule has 0 N–H and O–H groups in total. The van der Waals surface area contributed by atoms with Gasteiger partial charge >= 0.3 is 5.97 Å². The molecule has 0 atom stereocenters. The number of esters is 1. The minimum absolute atomic E-state index is 0.382. The van der Waals surface area contributed by atoms with Crippen LogP contribution in [0.15, 0.2) is 47.1 Å². The second-order valence-corrected chi connectivity index (χ2v) is 5.30. The third-order valence-electron chi connectivity index (χ3n) is 3.36. The summed E-state index contributed by atoms with van der Waals surface area (Å²) in [5, 5.41) is 0. The lowest BCUT2D eigenvalue weighted by Gasteiger charge is -2.12. The van der Waals surface area contributed by atoms with Gasteiger partial charge in [-0.25, -0.2) is 9.79 Å². The summed E-state index contributed by atoms with van der Waals surface area (Å²) in [5.74, 6) is 0.370. The van der Waals surface area contributed by atoms with Crippen LogP contribution in [0.5, 0.6) is 0 Å². The van der Waals surface area contributed by atoms with E-state index < -0.39 is 0 Å². The van der Waals surface area contributed by atoms with E-state index in [0.717, 1.165) is 29.3 Å². The second kappa shape index (κ2) is 6.93. The second-order valence-electron chi connectivity index (χ2n) is 5.30. The molecule has 0 bridgehead atoms. The van der Waals surface area contributed by atoms with Crippen LogP contribution in [-0.2, 0) is 9.53 Å². The molecule has 0 fully saturated rings. The van der Waals surface area contributed by atoms with Gasteiger partial charge in [0.05, 0.1) is 19.4 Å². The first kappa shape index (κ1) is 15.8. The number of hydrogen-bond acceptors (Lipinski definition) is 5. The number of rotatable bonds is 4. The molecular formula is C17H21N3O2. The first-order chi connectivity index (χ1) is 10.5. The zero-order valence-electron chi connectivity index (χ0n) is 13.4. The standard InChI is InChI=1S/C17H21N3O2/c1-19(2)15-7-5-13(6-8-15)11-14-12-20(3)16(18-14)9-10-17(21)22-4/h5-11H,12H2,1-4H3/b10-9+,14-11-. The van der Waals surface area contributed by atoms with Crippen LogP contribution in [0.1, 0.15) is 5.56 Å². The largest absolute Gasteiger partial charge is 0.466 e. The molecule has 0 amide bonds. The Hall–Kier alpha value is -2.56. The molecular weight excluding hydrogens is 278 g/mol. The molecule has 116 valence electrons. The molecule has 0 saturated heterocycles. The maximum atomic E-state index is 11.1. The van der Waals surface area contributed by atoms with Crippen molar-refractivity contribution in [1.82, 2.24) is 4.90 Å². The maximum absolute atomic E-state index is 11.1. The molecule has 1 aliphatic rings. The van der Waals surface area contributed by atoms with Gasteiger partial charge in [-0.3, -0.25) is 0 Å². The molecule has 22 heavy (non-hydrogen) atoms. The summed E-state index contributed by atoms with van der Waals surface area (Å²) in [6.07, 6.45) is 5.10. The minimum Gasteiger partial charge on any atom is -0.466 e. The Labute approximate surface area is 131 Å². The predicted octanol–water partition coefficient (Wildman–Crippen LogP) is 2.17. The smallest absolute Gasteiger partial charge is 0.330 e. The van der Waals surface area contributed by atoms with Crippen molar-refractivity contribution in [1.29, 1.82) is 0 Å². The molecule has 5 nitrogen and oxygen atoms in total. The number of carbonyl (C=O) groups is 1. The number of nitrogens with zero attached hydrogens (tertiary/aromatic N) is 3. The van der Waals surface area contributed by atoms with E-state index in [4.69, 9.17) is 0 Å². The molecule has 1 aromatic carbocycles. The van der Waals surface area contributed by atoms with Gasteiger partial charge in [0.2, 0.25) is 0 Å². The number of benzene rings is 1. The fourth-order valence-electron chi connectivity index (χ4n) is 2.11. The quantitative estimate of drug-likeness (QED) is 0.631. The topological polar surface area (TPSA) is 45.1 Å². The van der Waals surface area contributed by atoms with E-state index in [0.29, 0.717) is 0 Å². The zero-order valence-corrected chi connectivity index (χ0v) is 13.4. The third-order valence-corrected chi connectivity index (χ3v) is 3.36. The van der Waals surface area contributed by atoms with Gasteiger partial charge in [0, 0.05) is 32.9 Å². The van der Waals surface area contributed by atoms with Gasteiger partial charge in [-0.2, -0.15) is 0 Å². The van der Waals surface area contributed by atoms with Gasteiger partial charge in [-0.1, -0.05) is 12.1 Å². The molecule has 2 rings (SSSR count). The number of amidine groups is 1. The van der Waals surface area contributed by atoms with E-state index in [-0.39, 0.29) is 5.97 Å². The number of aliphatic imine (C=N–C) groups is 1. The Morgan fingerprint density at radius 2 is 2.00 bits per heavy atom. The molecule has 0 aliphatic carbocycles. The Bertz CT molecular complexity index is 628. The third kappa shape index (κ3) is 3.97. The van der Waals surface area contributed by atoms with Crippen LogP contribution in [-0.4, -0.2) is 51.5 Å². The summed E-state index contributed by atoms with van der Waals surface area (Å²) in [6.45, 7) is 0.719. The molecule has 0 aromatic heterocycles.